The summed E-state index contributed by atoms with van der Waals surface area (Å²) in [5, 5.41) is 9.08. The molecule has 4 heteroatoms. The number of carboxylic acid groups (broad SMARTS) is 1. The molecule has 144 valence electrons. The number of piperidine rings is 1. The Morgan fingerprint density at radius 3 is 2.52 bits per heavy atom. The Labute approximate surface area is 162 Å². The molecule has 0 aromatic heterocycles. The average Bonchev–Trinajstić information content (AvgIpc) is 2.69. The standard InChI is InChI=1S/C23H30N2O2/c1-2-14-25(17-20-10-12-21(13-11-20)23(26)27)22-9-6-15-24(18-22)16-19-7-4-3-5-8-19/h3-5,7-8,10-13,22H,2,6,9,14-18H2,1H3,(H,26,27). The molecule has 0 bridgehead atoms. The van der Waals surface area contributed by atoms with E-state index in [1.807, 2.05) is 12.1 Å². The van der Waals surface area contributed by atoms with Crippen LogP contribution in [-0.2, 0) is 13.1 Å². The van der Waals surface area contributed by atoms with Gasteiger partial charge >= 0.3 is 5.97 Å². The lowest BCUT2D eigenvalue weighted by Crippen LogP contribution is -2.47. The smallest absolute Gasteiger partial charge is 0.335 e. The quantitative estimate of drug-likeness (QED) is 0.758. The van der Waals surface area contributed by atoms with Crippen LogP contribution in [-0.4, -0.2) is 46.6 Å². The Kier molecular flexibility index (Phi) is 7.02. The lowest BCUT2D eigenvalue weighted by Gasteiger charge is -2.39. The van der Waals surface area contributed by atoms with Crippen molar-refractivity contribution in [2.45, 2.75) is 45.3 Å². The van der Waals surface area contributed by atoms with Crippen molar-refractivity contribution < 1.29 is 9.90 Å². The molecule has 3 rings (SSSR count). The van der Waals surface area contributed by atoms with Crippen LogP contribution in [0.4, 0.5) is 0 Å². The summed E-state index contributed by atoms with van der Waals surface area (Å²) in [5.41, 5.74) is 2.92. The molecule has 0 saturated carbocycles. The highest BCUT2D eigenvalue weighted by atomic mass is 16.4. The van der Waals surface area contributed by atoms with E-state index in [1.165, 1.54) is 30.5 Å². The predicted octanol–water partition coefficient (Wildman–Crippen LogP) is 4.26. The Morgan fingerprint density at radius 2 is 1.85 bits per heavy atom. The van der Waals surface area contributed by atoms with Crippen LogP contribution in [0.2, 0.25) is 0 Å². The molecular formula is C23H30N2O2. The highest BCUT2D eigenvalue weighted by molar-refractivity contribution is 5.87. The Balaban J connectivity index is 1.63. The number of likely N-dealkylation sites (tertiary alicyclic amines) is 1. The molecule has 4 nitrogen and oxygen atoms in total. The van der Waals surface area contributed by atoms with Gasteiger partial charge in [0.1, 0.15) is 0 Å². The van der Waals surface area contributed by atoms with E-state index in [2.05, 4.69) is 47.1 Å². The van der Waals surface area contributed by atoms with Crippen LogP contribution < -0.4 is 0 Å². The zero-order valence-corrected chi connectivity index (χ0v) is 16.2. The van der Waals surface area contributed by atoms with Crippen molar-refractivity contribution in [3.8, 4) is 0 Å². The summed E-state index contributed by atoms with van der Waals surface area (Å²) >= 11 is 0. The van der Waals surface area contributed by atoms with Crippen molar-refractivity contribution in [2.24, 2.45) is 0 Å². The van der Waals surface area contributed by atoms with Crippen LogP contribution >= 0.6 is 0 Å². The van der Waals surface area contributed by atoms with Crippen molar-refractivity contribution >= 4 is 5.97 Å². The van der Waals surface area contributed by atoms with E-state index in [0.29, 0.717) is 11.6 Å². The average molecular weight is 367 g/mol. The van der Waals surface area contributed by atoms with Crippen LogP contribution in [0.3, 0.4) is 0 Å². The molecule has 2 aromatic rings. The number of carbonyl (C=O) groups is 1. The van der Waals surface area contributed by atoms with E-state index in [0.717, 1.165) is 32.6 Å². The molecule has 2 aromatic carbocycles. The molecular weight excluding hydrogens is 336 g/mol. The summed E-state index contributed by atoms with van der Waals surface area (Å²) in [7, 11) is 0. The van der Waals surface area contributed by atoms with Gasteiger partial charge in [-0.15, -0.1) is 0 Å². The summed E-state index contributed by atoms with van der Waals surface area (Å²) in [6.45, 7) is 7.47. The van der Waals surface area contributed by atoms with E-state index in [1.54, 1.807) is 12.1 Å². The van der Waals surface area contributed by atoms with Gasteiger partial charge in [-0.1, -0.05) is 49.4 Å². The van der Waals surface area contributed by atoms with Crippen LogP contribution in [0, 0.1) is 0 Å². The van der Waals surface area contributed by atoms with Crippen molar-refractivity contribution in [3.05, 3.63) is 71.3 Å². The third-order valence-corrected chi connectivity index (χ3v) is 5.34. The number of carboxylic acids is 1. The molecule has 0 aliphatic carbocycles. The fourth-order valence-electron chi connectivity index (χ4n) is 3.98. The number of hydrogen-bond donors (Lipinski definition) is 1. The van der Waals surface area contributed by atoms with Gasteiger partial charge in [0.2, 0.25) is 0 Å². The monoisotopic (exact) mass is 366 g/mol. The van der Waals surface area contributed by atoms with Crippen molar-refractivity contribution in [3.63, 3.8) is 0 Å². The third-order valence-electron chi connectivity index (χ3n) is 5.34. The minimum absolute atomic E-state index is 0.354. The maximum Gasteiger partial charge on any atom is 0.335 e. The SMILES string of the molecule is CCCN(Cc1ccc(C(=O)O)cc1)C1CCCN(Cc2ccccc2)C1. The number of rotatable bonds is 8. The van der Waals surface area contributed by atoms with Crippen LogP contribution in [0.15, 0.2) is 54.6 Å². The summed E-state index contributed by atoms with van der Waals surface area (Å²) in [5.74, 6) is -0.865. The molecule has 1 N–H and O–H groups in total. The van der Waals surface area contributed by atoms with Crippen molar-refractivity contribution in [2.75, 3.05) is 19.6 Å². The lowest BCUT2D eigenvalue weighted by atomic mass is 10.0. The van der Waals surface area contributed by atoms with Gasteiger partial charge in [-0.3, -0.25) is 9.80 Å². The van der Waals surface area contributed by atoms with E-state index in [-0.39, 0.29) is 0 Å². The molecule has 1 atom stereocenters. The van der Waals surface area contributed by atoms with Gasteiger partial charge in [0.25, 0.3) is 0 Å². The molecule has 0 amide bonds. The van der Waals surface area contributed by atoms with E-state index >= 15 is 0 Å². The Hall–Kier alpha value is -2.17. The van der Waals surface area contributed by atoms with Gasteiger partial charge in [0.05, 0.1) is 5.56 Å². The molecule has 1 fully saturated rings. The second-order valence-electron chi connectivity index (χ2n) is 7.49. The molecule has 1 heterocycles. The maximum atomic E-state index is 11.1. The molecule has 1 unspecified atom stereocenters. The zero-order valence-electron chi connectivity index (χ0n) is 16.2. The van der Waals surface area contributed by atoms with Crippen molar-refractivity contribution in [1.82, 2.24) is 9.80 Å². The normalized spacial score (nSPS) is 17.9. The molecule has 0 spiro atoms. The first-order valence-corrected chi connectivity index (χ1v) is 9.98. The first-order chi connectivity index (χ1) is 13.2. The summed E-state index contributed by atoms with van der Waals surface area (Å²) in [6.07, 6.45) is 3.59. The van der Waals surface area contributed by atoms with Gasteiger partial charge in [0, 0.05) is 25.7 Å². The highest BCUT2D eigenvalue weighted by Gasteiger charge is 2.25. The molecule has 1 saturated heterocycles. The second-order valence-corrected chi connectivity index (χ2v) is 7.49. The van der Waals surface area contributed by atoms with E-state index in [4.69, 9.17) is 5.11 Å². The lowest BCUT2D eigenvalue weighted by molar-refractivity contribution is 0.0696. The van der Waals surface area contributed by atoms with Gasteiger partial charge in [-0.25, -0.2) is 4.79 Å². The number of aromatic carboxylic acids is 1. The number of nitrogens with zero attached hydrogens (tertiary/aromatic N) is 2. The van der Waals surface area contributed by atoms with E-state index in [9.17, 15) is 4.79 Å². The van der Waals surface area contributed by atoms with E-state index < -0.39 is 5.97 Å². The fourth-order valence-corrected chi connectivity index (χ4v) is 3.98. The van der Waals surface area contributed by atoms with Gasteiger partial charge in [-0.2, -0.15) is 0 Å². The van der Waals surface area contributed by atoms with Crippen LogP contribution in [0.1, 0.15) is 47.7 Å². The summed E-state index contributed by atoms with van der Waals surface area (Å²) in [6, 6.07) is 18.6. The van der Waals surface area contributed by atoms with Crippen LogP contribution in [0.25, 0.3) is 0 Å². The number of hydrogen-bond acceptors (Lipinski definition) is 3. The maximum absolute atomic E-state index is 11.1. The Morgan fingerprint density at radius 1 is 1.11 bits per heavy atom. The molecule has 1 aliphatic heterocycles. The highest BCUT2D eigenvalue weighted by Crippen LogP contribution is 2.20. The van der Waals surface area contributed by atoms with Gasteiger partial charge in [-0.05, 0) is 55.6 Å². The zero-order chi connectivity index (χ0) is 19.1. The predicted molar refractivity (Wildman–Crippen MR) is 109 cm³/mol. The summed E-state index contributed by atoms with van der Waals surface area (Å²) < 4.78 is 0. The minimum Gasteiger partial charge on any atom is -0.478 e. The minimum atomic E-state index is -0.865. The number of benzene rings is 2. The topological polar surface area (TPSA) is 43.8 Å². The first-order valence-electron chi connectivity index (χ1n) is 9.98. The largest absolute Gasteiger partial charge is 0.478 e. The van der Waals surface area contributed by atoms with Crippen LogP contribution in [0.5, 0.6) is 0 Å². The second kappa shape index (κ2) is 9.67. The van der Waals surface area contributed by atoms with Gasteiger partial charge < -0.3 is 5.11 Å². The van der Waals surface area contributed by atoms with Gasteiger partial charge in [0.15, 0.2) is 0 Å². The fraction of sp³-hybridized carbons (Fsp3) is 0.435. The first kappa shape index (κ1) is 19.6. The summed E-state index contributed by atoms with van der Waals surface area (Å²) in [4.78, 5) is 16.2. The van der Waals surface area contributed by atoms with Crippen molar-refractivity contribution in [1.29, 1.82) is 0 Å². The third kappa shape index (κ3) is 5.65. The molecule has 0 radical (unpaired) electrons. The molecule has 1 aliphatic rings. The Bertz CT molecular complexity index is 715. The molecule has 27 heavy (non-hydrogen) atoms.